The summed E-state index contributed by atoms with van der Waals surface area (Å²) in [6, 6.07) is 10.8. The second kappa shape index (κ2) is 6.01. The smallest absolute Gasteiger partial charge is 0.0470 e. The largest absolute Gasteiger partial charge is 0.257 e. The van der Waals surface area contributed by atoms with Gasteiger partial charge in [-0.1, -0.05) is 44.2 Å². The van der Waals surface area contributed by atoms with Crippen LogP contribution in [0.3, 0.4) is 0 Å². The zero-order valence-corrected chi connectivity index (χ0v) is 13.4. The number of benzene rings is 1. The van der Waals surface area contributed by atoms with Crippen LogP contribution in [0.15, 0.2) is 30.3 Å². The first-order valence-electron chi connectivity index (χ1n) is 8.22. The second-order valence-electron chi connectivity index (χ2n) is 6.55. The van der Waals surface area contributed by atoms with Gasteiger partial charge in [0, 0.05) is 11.4 Å². The van der Waals surface area contributed by atoms with Crippen LogP contribution in [-0.2, 0) is 19.3 Å². The molecule has 0 radical (unpaired) electrons. The Labute approximate surface area is 128 Å². The molecule has 0 atom stereocenters. The lowest BCUT2D eigenvalue weighted by molar-refractivity contribution is 0.648. The van der Waals surface area contributed by atoms with Crippen molar-refractivity contribution in [1.29, 1.82) is 0 Å². The molecule has 21 heavy (non-hydrogen) atoms. The van der Waals surface area contributed by atoms with Crippen molar-refractivity contribution < 1.29 is 0 Å². The predicted molar refractivity (Wildman–Crippen MR) is 89.0 cm³/mol. The van der Waals surface area contributed by atoms with E-state index in [1.54, 1.807) is 0 Å². The highest BCUT2D eigenvalue weighted by molar-refractivity contribution is 5.44. The molecule has 0 spiro atoms. The summed E-state index contributed by atoms with van der Waals surface area (Å²) < 4.78 is 0. The van der Waals surface area contributed by atoms with Crippen molar-refractivity contribution >= 4 is 0 Å². The molecule has 0 N–H and O–H groups in total. The van der Waals surface area contributed by atoms with Gasteiger partial charge in [0.05, 0.1) is 0 Å². The van der Waals surface area contributed by atoms with Gasteiger partial charge in [0.1, 0.15) is 0 Å². The SMILES string of the molecule is Cc1c2c(nc(C(C)C)c1Cc1ccccc1)CCCC2. The van der Waals surface area contributed by atoms with Crippen molar-refractivity contribution in [3.63, 3.8) is 0 Å². The summed E-state index contributed by atoms with van der Waals surface area (Å²) in [7, 11) is 0. The molecule has 1 heteroatoms. The lowest BCUT2D eigenvalue weighted by atomic mass is 9.85. The Kier molecular flexibility index (Phi) is 4.10. The first kappa shape index (κ1) is 14.3. The average molecular weight is 279 g/mol. The highest BCUT2D eigenvalue weighted by Gasteiger charge is 2.20. The van der Waals surface area contributed by atoms with Crippen LogP contribution in [0.4, 0.5) is 0 Å². The number of pyridine rings is 1. The number of rotatable bonds is 3. The van der Waals surface area contributed by atoms with Gasteiger partial charge >= 0.3 is 0 Å². The molecule has 3 rings (SSSR count). The Bertz CT molecular complexity index is 626. The van der Waals surface area contributed by atoms with Gasteiger partial charge in [0.2, 0.25) is 0 Å². The molecule has 1 aromatic carbocycles. The maximum atomic E-state index is 5.07. The van der Waals surface area contributed by atoms with Crippen molar-refractivity contribution in [2.75, 3.05) is 0 Å². The molecule has 1 aliphatic carbocycles. The molecular weight excluding hydrogens is 254 g/mol. The van der Waals surface area contributed by atoms with Crippen LogP contribution in [0.5, 0.6) is 0 Å². The maximum Gasteiger partial charge on any atom is 0.0470 e. The molecule has 1 heterocycles. The molecule has 0 aliphatic heterocycles. The standard InChI is InChI=1S/C20H25N/c1-14(2)20-18(13-16-9-5-4-6-10-16)15(3)17-11-7-8-12-19(17)21-20/h4-6,9-10,14H,7-8,11-13H2,1-3H3. The number of hydrogen-bond acceptors (Lipinski definition) is 1. The van der Waals surface area contributed by atoms with Crippen molar-refractivity contribution in [2.45, 2.75) is 58.8 Å². The highest BCUT2D eigenvalue weighted by atomic mass is 14.7. The zero-order valence-electron chi connectivity index (χ0n) is 13.4. The fourth-order valence-electron chi connectivity index (χ4n) is 3.50. The van der Waals surface area contributed by atoms with Gasteiger partial charge in [-0.05, 0) is 67.2 Å². The maximum absolute atomic E-state index is 5.07. The molecule has 0 unspecified atom stereocenters. The molecule has 0 fully saturated rings. The molecule has 2 aromatic rings. The summed E-state index contributed by atoms with van der Waals surface area (Å²) in [6.07, 6.45) is 6.02. The van der Waals surface area contributed by atoms with E-state index in [-0.39, 0.29) is 0 Å². The first-order chi connectivity index (χ1) is 10.2. The van der Waals surface area contributed by atoms with Crippen LogP contribution in [0.25, 0.3) is 0 Å². The second-order valence-corrected chi connectivity index (χ2v) is 6.55. The lowest BCUT2D eigenvalue weighted by Crippen LogP contribution is -2.14. The summed E-state index contributed by atoms with van der Waals surface area (Å²) in [5.41, 5.74) is 8.59. The van der Waals surface area contributed by atoms with Crippen LogP contribution >= 0.6 is 0 Å². The lowest BCUT2D eigenvalue weighted by Gasteiger charge is -2.24. The third-order valence-electron chi connectivity index (χ3n) is 4.68. The molecule has 1 aliphatic rings. The summed E-state index contributed by atoms with van der Waals surface area (Å²) in [5.74, 6) is 0.495. The molecule has 0 bridgehead atoms. The number of hydrogen-bond donors (Lipinski definition) is 0. The van der Waals surface area contributed by atoms with Crippen LogP contribution in [-0.4, -0.2) is 4.98 Å². The summed E-state index contributed by atoms with van der Waals surface area (Å²) in [4.78, 5) is 5.07. The topological polar surface area (TPSA) is 12.9 Å². The van der Waals surface area contributed by atoms with E-state index in [1.165, 1.54) is 59.3 Å². The van der Waals surface area contributed by atoms with Crippen molar-refractivity contribution in [3.8, 4) is 0 Å². The van der Waals surface area contributed by atoms with Gasteiger partial charge in [-0.15, -0.1) is 0 Å². The quantitative estimate of drug-likeness (QED) is 0.772. The van der Waals surface area contributed by atoms with E-state index in [2.05, 4.69) is 51.1 Å². The van der Waals surface area contributed by atoms with Crippen molar-refractivity contribution in [2.24, 2.45) is 0 Å². The van der Waals surface area contributed by atoms with Gasteiger partial charge in [-0.2, -0.15) is 0 Å². The molecule has 1 nitrogen and oxygen atoms in total. The minimum absolute atomic E-state index is 0.495. The van der Waals surface area contributed by atoms with E-state index in [4.69, 9.17) is 4.98 Å². The van der Waals surface area contributed by atoms with E-state index in [9.17, 15) is 0 Å². The van der Waals surface area contributed by atoms with E-state index in [1.807, 2.05) is 0 Å². The number of aromatic nitrogens is 1. The van der Waals surface area contributed by atoms with Crippen LogP contribution < -0.4 is 0 Å². The zero-order chi connectivity index (χ0) is 14.8. The normalized spacial score (nSPS) is 14.3. The van der Waals surface area contributed by atoms with E-state index < -0.39 is 0 Å². The Morgan fingerprint density at radius 2 is 1.76 bits per heavy atom. The number of fused-ring (bicyclic) bond motifs is 1. The predicted octanol–water partition coefficient (Wildman–Crippen LogP) is 4.98. The number of aryl methyl sites for hydroxylation is 1. The summed E-state index contributed by atoms with van der Waals surface area (Å²) in [5, 5.41) is 0. The first-order valence-corrected chi connectivity index (χ1v) is 8.22. The summed E-state index contributed by atoms with van der Waals surface area (Å²) >= 11 is 0. The Morgan fingerprint density at radius 1 is 1.05 bits per heavy atom. The van der Waals surface area contributed by atoms with Gasteiger partial charge in [0.15, 0.2) is 0 Å². The number of nitrogens with zero attached hydrogens (tertiary/aromatic N) is 1. The minimum Gasteiger partial charge on any atom is -0.257 e. The van der Waals surface area contributed by atoms with Gasteiger partial charge in [0.25, 0.3) is 0 Å². The molecule has 0 amide bonds. The molecule has 110 valence electrons. The van der Waals surface area contributed by atoms with Crippen molar-refractivity contribution in [1.82, 2.24) is 4.98 Å². The minimum atomic E-state index is 0.495. The average Bonchev–Trinajstić information content (AvgIpc) is 2.51. The monoisotopic (exact) mass is 279 g/mol. The Morgan fingerprint density at radius 3 is 2.48 bits per heavy atom. The highest BCUT2D eigenvalue weighted by Crippen LogP contribution is 2.31. The molecular formula is C20H25N. The van der Waals surface area contributed by atoms with E-state index in [0.29, 0.717) is 5.92 Å². The molecule has 1 aromatic heterocycles. The van der Waals surface area contributed by atoms with Gasteiger partial charge in [-0.3, -0.25) is 4.98 Å². The van der Waals surface area contributed by atoms with Gasteiger partial charge < -0.3 is 0 Å². The van der Waals surface area contributed by atoms with Crippen LogP contribution in [0.1, 0.15) is 66.2 Å². The molecule has 0 saturated heterocycles. The third kappa shape index (κ3) is 2.88. The van der Waals surface area contributed by atoms with Crippen LogP contribution in [0.2, 0.25) is 0 Å². The third-order valence-corrected chi connectivity index (χ3v) is 4.68. The molecule has 0 saturated carbocycles. The van der Waals surface area contributed by atoms with Crippen LogP contribution in [0, 0.1) is 6.92 Å². The van der Waals surface area contributed by atoms with E-state index >= 15 is 0 Å². The fourth-order valence-corrected chi connectivity index (χ4v) is 3.50. The van der Waals surface area contributed by atoms with Crippen molar-refractivity contribution in [3.05, 3.63) is 64.0 Å². The van der Waals surface area contributed by atoms with E-state index in [0.717, 1.165) is 6.42 Å². The fraction of sp³-hybridized carbons (Fsp3) is 0.450. The Hall–Kier alpha value is -1.63. The summed E-state index contributed by atoms with van der Waals surface area (Å²) in [6.45, 7) is 6.85. The van der Waals surface area contributed by atoms with Gasteiger partial charge in [-0.25, -0.2) is 0 Å². The Balaban J connectivity index is 2.09.